The molecule has 1 heterocycles. The van der Waals surface area contributed by atoms with E-state index in [1.54, 1.807) is 12.1 Å². The van der Waals surface area contributed by atoms with Gasteiger partial charge in [0.15, 0.2) is 0 Å². The van der Waals surface area contributed by atoms with Gasteiger partial charge < -0.3 is 15.2 Å². The van der Waals surface area contributed by atoms with Crippen molar-refractivity contribution in [2.24, 2.45) is 0 Å². The maximum atomic E-state index is 11.8. The lowest BCUT2D eigenvalue weighted by Gasteiger charge is -2.14. The SMILES string of the molecule is COc1ccc(Nc2cc(C3CCCC3)nn2-c2ccccc2C)c(C(=O)O)c1. The van der Waals surface area contributed by atoms with Crippen molar-refractivity contribution in [3.63, 3.8) is 0 Å². The fourth-order valence-electron chi connectivity index (χ4n) is 3.97. The van der Waals surface area contributed by atoms with Crippen LogP contribution in [0.25, 0.3) is 5.69 Å². The predicted molar refractivity (Wildman–Crippen MR) is 113 cm³/mol. The van der Waals surface area contributed by atoms with E-state index in [1.165, 1.54) is 26.0 Å². The van der Waals surface area contributed by atoms with Crippen LogP contribution in [0.1, 0.15) is 53.2 Å². The number of aryl methyl sites for hydroxylation is 1. The summed E-state index contributed by atoms with van der Waals surface area (Å²) in [6, 6.07) is 15.1. The summed E-state index contributed by atoms with van der Waals surface area (Å²) in [6.07, 6.45) is 4.75. The number of carboxylic acids is 1. The normalized spacial score (nSPS) is 14.1. The molecule has 0 amide bonds. The van der Waals surface area contributed by atoms with Gasteiger partial charge in [-0.15, -0.1) is 0 Å². The Morgan fingerprint density at radius 2 is 1.93 bits per heavy atom. The first-order valence-corrected chi connectivity index (χ1v) is 9.91. The molecule has 0 bridgehead atoms. The van der Waals surface area contributed by atoms with Crippen molar-refractivity contribution in [2.45, 2.75) is 38.5 Å². The van der Waals surface area contributed by atoms with Crippen LogP contribution in [0.5, 0.6) is 5.75 Å². The molecule has 29 heavy (non-hydrogen) atoms. The molecule has 4 rings (SSSR count). The molecule has 1 fully saturated rings. The van der Waals surface area contributed by atoms with Crippen LogP contribution in [0.2, 0.25) is 0 Å². The second-order valence-corrected chi connectivity index (χ2v) is 7.48. The number of carboxylic acid groups (broad SMARTS) is 1. The van der Waals surface area contributed by atoms with Gasteiger partial charge in [0.1, 0.15) is 11.6 Å². The minimum atomic E-state index is -1.01. The lowest BCUT2D eigenvalue weighted by atomic mass is 10.0. The van der Waals surface area contributed by atoms with E-state index in [4.69, 9.17) is 9.84 Å². The van der Waals surface area contributed by atoms with Crippen LogP contribution in [0.15, 0.2) is 48.5 Å². The van der Waals surface area contributed by atoms with Gasteiger partial charge in [-0.05, 0) is 49.6 Å². The van der Waals surface area contributed by atoms with E-state index in [-0.39, 0.29) is 5.56 Å². The number of nitrogens with zero attached hydrogens (tertiary/aromatic N) is 2. The number of aromatic carboxylic acids is 1. The average Bonchev–Trinajstić information content (AvgIpc) is 3.38. The predicted octanol–water partition coefficient (Wildman–Crippen LogP) is 5.29. The van der Waals surface area contributed by atoms with Gasteiger partial charge >= 0.3 is 5.97 Å². The van der Waals surface area contributed by atoms with Crippen LogP contribution in [0.3, 0.4) is 0 Å². The fraction of sp³-hybridized carbons (Fsp3) is 0.304. The highest BCUT2D eigenvalue weighted by atomic mass is 16.5. The molecule has 2 N–H and O–H groups in total. The monoisotopic (exact) mass is 391 g/mol. The largest absolute Gasteiger partial charge is 0.497 e. The molecule has 0 atom stereocenters. The molecule has 0 spiro atoms. The van der Waals surface area contributed by atoms with Crippen LogP contribution < -0.4 is 10.1 Å². The summed E-state index contributed by atoms with van der Waals surface area (Å²) in [5.74, 6) is 0.709. The number of nitrogens with one attached hydrogen (secondary N) is 1. The lowest BCUT2D eigenvalue weighted by Crippen LogP contribution is -2.08. The number of anilines is 2. The standard InChI is InChI=1S/C23H25N3O3/c1-15-7-3-6-10-21(15)26-22(14-20(25-26)16-8-4-5-9-16)24-19-12-11-17(29-2)13-18(19)23(27)28/h3,6-7,10-14,16,24H,4-5,8-9H2,1-2H3,(H,27,28). The molecule has 1 aromatic heterocycles. The number of benzene rings is 2. The Balaban J connectivity index is 1.79. The summed E-state index contributed by atoms with van der Waals surface area (Å²) >= 11 is 0. The number of rotatable bonds is 6. The summed E-state index contributed by atoms with van der Waals surface area (Å²) < 4.78 is 7.07. The van der Waals surface area contributed by atoms with Crippen molar-refractivity contribution in [3.05, 3.63) is 65.4 Å². The third-order valence-electron chi connectivity index (χ3n) is 5.57. The van der Waals surface area contributed by atoms with Gasteiger partial charge in [0.05, 0.1) is 29.7 Å². The van der Waals surface area contributed by atoms with Gasteiger partial charge in [-0.2, -0.15) is 5.10 Å². The van der Waals surface area contributed by atoms with E-state index < -0.39 is 5.97 Å². The average molecular weight is 391 g/mol. The molecular weight excluding hydrogens is 366 g/mol. The van der Waals surface area contributed by atoms with Crippen LogP contribution in [-0.4, -0.2) is 28.0 Å². The molecule has 0 radical (unpaired) electrons. The highest BCUT2D eigenvalue weighted by molar-refractivity contribution is 5.95. The quantitative estimate of drug-likeness (QED) is 0.597. The Morgan fingerprint density at radius 3 is 2.62 bits per heavy atom. The minimum Gasteiger partial charge on any atom is -0.497 e. The number of aromatic nitrogens is 2. The number of hydrogen-bond acceptors (Lipinski definition) is 4. The van der Waals surface area contributed by atoms with Gasteiger partial charge in [-0.3, -0.25) is 0 Å². The Kier molecular flexibility index (Phi) is 5.25. The Labute approximate surface area is 170 Å². The molecule has 0 saturated heterocycles. The van der Waals surface area contributed by atoms with Crippen molar-refractivity contribution < 1.29 is 14.6 Å². The molecule has 150 valence electrons. The highest BCUT2D eigenvalue weighted by Gasteiger charge is 2.23. The number of ether oxygens (including phenoxy) is 1. The molecule has 2 aromatic carbocycles. The van der Waals surface area contributed by atoms with E-state index in [0.717, 1.165) is 35.6 Å². The molecule has 1 saturated carbocycles. The second kappa shape index (κ2) is 7.99. The van der Waals surface area contributed by atoms with Gasteiger partial charge in [-0.25, -0.2) is 9.48 Å². The Bertz CT molecular complexity index is 1040. The third-order valence-corrected chi connectivity index (χ3v) is 5.57. The van der Waals surface area contributed by atoms with Crippen molar-refractivity contribution in [1.82, 2.24) is 9.78 Å². The molecule has 6 nitrogen and oxygen atoms in total. The maximum Gasteiger partial charge on any atom is 0.337 e. The Morgan fingerprint density at radius 1 is 1.17 bits per heavy atom. The first kappa shape index (κ1) is 19.1. The summed E-state index contributed by atoms with van der Waals surface area (Å²) in [6.45, 7) is 2.05. The fourth-order valence-corrected chi connectivity index (χ4v) is 3.97. The van der Waals surface area contributed by atoms with Gasteiger partial charge in [0.2, 0.25) is 0 Å². The highest BCUT2D eigenvalue weighted by Crippen LogP contribution is 2.36. The van der Waals surface area contributed by atoms with E-state index in [2.05, 4.69) is 11.4 Å². The number of hydrogen-bond donors (Lipinski definition) is 2. The summed E-state index contributed by atoms with van der Waals surface area (Å²) in [4.78, 5) is 11.8. The van der Waals surface area contributed by atoms with Crippen LogP contribution >= 0.6 is 0 Å². The smallest absolute Gasteiger partial charge is 0.337 e. The minimum absolute atomic E-state index is 0.157. The van der Waals surface area contributed by atoms with Crippen LogP contribution in [-0.2, 0) is 0 Å². The molecule has 3 aromatic rings. The van der Waals surface area contributed by atoms with E-state index >= 15 is 0 Å². The molecular formula is C23H25N3O3. The van der Waals surface area contributed by atoms with Gasteiger partial charge in [0, 0.05) is 12.0 Å². The zero-order chi connectivity index (χ0) is 20.4. The molecule has 6 heteroatoms. The molecule has 0 aliphatic heterocycles. The van der Waals surface area contributed by atoms with Crippen LogP contribution in [0, 0.1) is 6.92 Å². The number of carbonyl (C=O) groups is 1. The summed E-state index contributed by atoms with van der Waals surface area (Å²) in [5.41, 5.74) is 3.79. The summed E-state index contributed by atoms with van der Waals surface area (Å²) in [5, 5.41) is 17.9. The summed E-state index contributed by atoms with van der Waals surface area (Å²) in [7, 11) is 1.52. The first-order chi connectivity index (χ1) is 14.1. The van der Waals surface area contributed by atoms with Crippen molar-refractivity contribution in [2.75, 3.05) is 12.4 Å². The second-order valence-electron chi connectivity index (χ2n) is 7.48. The van der Waals surface area contributed by atoms with Gasteiger partial charge in [0.25, 0.3) is 0 Å². The van der Waals surface area contributed by atoms with Crippen molar-refractivity contribution in [3.8, 4) is 11.4 Å². The van der Waals surface area contributed by atoms with Gasteiger partial charge in [-0.1, -0.05) is 31.0 Å². The molecule has 0 unspecified atom stereocenters. The van der Waals surface area contributed by atoms with Crippen molar-refractivity contribution >= 4 is 17.5 Å². The third kappa shape index (κ3) is 3.83. The zero-order valence-corrected chi connectivity index (χ0v) is 16.7. The number of para-hydroxylation sites is 1. The van der Waals surface area contributed by atoms with E-state index in [9.17, 15) is 9.90 Å². The molecule has 1 aliphatic carbocycles. The lowest BCUT2D eigenvalue weighted by molar-refractivity contribution is 0.0697. The number of methoxy groups -OCH3 is 1. The van der Waals surface area contributed by atoms with Crippen LogP contribution in [0.4, 0.5) is 11.5 Å². The maximum absolute atomic E-state index is 11.8. The van der Waals surface area contributed by atoms with E-state index in [0.29, 0.717) is 17.4 Å². The topological polar surface area (TPSA) is 76.4 Å². The zero-order valence-electron chi connectivity index (χ0n) is 16.7. The van der Waals surface area contributed by atoms with E-state index in [1.807, 2.05) is 35.9 Å². The first-order valence-electron chi connectivity index (χ1n) is 9.91. The van der Waals surface area contributed by atoms with Crippen molar-refractivity contribution in [1.29, 1.82) is 0 Å². The molecule has 1 aliphatic rings. The Hall–Kier alpha value is -3.28.